The first kappa shape index (κ1) is 19.7. The van der Waals surface area contributed by atoms with E-state index >= 15 is 0 Å². The summed E-state index contributed by atoms with van der Waals surface area (Å²) in [6.07, 6.45) is 3.84. The molecule has 0 fully saturated rings. The normalized spacial score (nSPS) is 11.6. The molecule has 0 spiro atoms. The van der Waals surface area contributed by atoms with Gasteiger partial charge >= 0.3 is 5.97 Å². The van der Waals surface area contributed by atoms with Crippen LogP contribution in [0.1, 0.15) is 44.7 Å². The zero-order valence-corrected chi connectivity index (χ0v) is 15.6. The average Bonchev–Trinajstić information content (AvgIpc) is 2.63. The van der Waals surface area contributed by atoms with Crippen LogP contribution in [0.25, 0.3) is 11.1 Å². The van der Waals surface area contributed by atoms with Crippen molar-refractivity contribution < 1.29 is 9.53 Å². The minimum absolute atomic E-state index is 0.266. The van der Waals surface area contributed by atoms with Crippen molar-refractivity contribution in [2.45, 2.75) is 39.2 Å². The topological polar surface area (TPSA) is 72.1 Å². The van der Waals surface area contributed by atoms with Gasteiger partial charge < -0.3 is 9.30 Å². The molecule has 0 aliphatic rings. The lowest BCUT2D eigenvalue weighted by Gasteiger charge is -2.18. The first-order chi connectivity index (χ1) is 12.5. The number of aromatic nitrogens is 1. The maximum Gasteiger partial charge on any atom is 0.329 e. The summed E-state index contributed by atoms with van der Waals surface area (Å²) >= 11 is 6.02. The van der Waals surface area contributed by atoms with Crippen LogP contribution in [0.2, 0.25) is 5.02 Å². The molecule has 1 aromatic carbocycles. The van der Waals surface area contributed by atoms with Crippen molar-refractivity contribution in [1.29, 1.82) is 5.26 Å². The Labute approximate surface area is 157 Å². The summed E-state index contributed by atoms with van der Waals surface area (Å²) in [5.74, 6) is -0.406. The molecule has 0 radical (unpaired) electrons. The average molecular weight is 373 g/mol. The molecule has 0 aliphatic carbocycles. The van der Waals surface area contributed by atoms with Gasteiger partial charge in [-0.3, -0.25) is 4.79 Å². The minimum Gasteiger partial charge on any atom is -0.464 e. The van der Waals surface area contributed by atoms with E-state index in [9.17, 15) is 14.9 Å². The lowest BCUT2D eigenvalue weighted by molar-refractivity contribution is -0.147. The Bertz CT molecular complexity index is 883. The highest BCUT2D eigenvalue weighted by atomic mass is 35.5. The van der Waals surface area contributed by atoms with E-state index in [0.717, 1.165) is 12.8 Å². The van der Waals surface area contributed by atoms with E-state index in [1.165, 1.54) is 10.6 Å². The molecule has 1 heterocycles. The lowest BCUT2D eigenvalue weighted by Crippen LogP contribution is -2.30. The number of hydrogen-bond donors (Lipinski definition) is 0. The van der Waals surface area contributed by atoms with Crippen molar-refractivity contribution >= 4 is 17.6 Å². The Morgan fingerprint density at radius 1 is 1.31 bits per heavy atom. The number of halogens is 1. The molecule has 6 heteroatoms. The van der Waals surface area contributed by atoms with Crippen LogP contribution in [0.5, 0.6) is 0 Å². The van der Waals surface area contributed by atoms with Gasteiger partial charge in [0, 0.05) is 22.8 Å². The summed E-state index contributed by atoms with van der Waals surface area (Å²) in [5.41, 5.74) is 1.29. The predicted octanol–water partition coefficient (Wildman–Crippen LogP) is 4.33. The van der Waals surface area contributed by atoms with Crippen molar-refractivity contribution in [3.8, 4) is 17.2 Å². The van der Waals surface area contributed by atoms with E-state index in [2.05, 4.69) is 6.07 Å². The minimum atomic E-state index is -0.647. The maximum absolute atomic E-state index is 12.7. The Morgan fingerprint density at radius 2 is 2.08 bits per heavy atom. The number of nitrogens with zero attached hydrogens (tertiary/aromatic N) is 2. The number of hydrogen-bond acceptors (Lipinski definition) is 4. The number of pyridine rings is 1. The zero-order valence-electron chi connectivity index (χ0n) is 14.9. The van der Waals surface area contributed by atoms with Gasteiger partial charge in [0.2, 0.25) is 0 Å². The number of benzene rings is 1. The third-order valence-corrected chi connectivity index (χ3v) is 4.32. The second-order valence-corrected chi connectivity index (χ2v) is 6.31. The summed E-state index contributed by atoms with van der Waals surface area (Å²) in [5, 5.41) is 9.76. The first-order valence-corrected chi connectivity index (χ1v) is 8.98. The van der Waals surface area contributed by atoms with Gasteiger partial charge in [-0.25, -0.2) is 4.79 Å². The summed E-state index contributed by atoms with van der Waals surface area (Å²) in [4.78, 5) is 24.9. The molecular formula is C20H21ClN2O3. The van der Waals surface area contributed by atoms with E-state index in [-0.39, 0.29) is 12.2 Å². The third kappa shape index (κ3) is 4.53. The molecule has 0 saturated carbocycles. The SMILES string of the molecule is CCCCC(C(=O)OCC)n1ccc(-c2cc(Cl)ccc2C#N)cc1=O. The van der Waals surface area contributed by atoms with Crippen molar-refractivity contribution in [2.75, 3.05) is 6.61 Å². The van der Waals surface area contributed by atoms with Gasteiger partial charge in [0.05, 0.1) is 18.2 Å². The number of ether oxygens (including phenoxy) is 1. The second kappa shape index (κ2) is 9.21. The third-order valence-electron chi connectivity index (χ3n) is 4.09. The molecule has 0 amide bonds. The van der Waals surface area contributed by atoms with Gasteiger partial charge in [-0.05, 0) is 43.2 Å². The maximum atomic E-state index is 12.7. The molecule has 5 nitrogen and oxygen atoms in total. The van der Waals surface area contributed by atoms with Gasteiger partial charge in [0.25, 0.3) is 5.56 Å². The highest BCUT2D eigenvalue weighted by Crippen LogP contribution is 2.26. The number of unbranched alkanes of at least 4 members (excludes halogenated alkanes) is 1. The Balaban J connectivity index is 2.45. The Kier molecular flexibility index (Phi) is 6.99. The molecule has 26 heavy (non-hydrogen) atoms. The Morgan fingerprint density at radius 3 is 2.69 bits per heavy atom. The summed E-state index contributed by atoms with van der Waals surface area (Å²) in [6.45, 7) is 4.03. The second-order valence-electron chi connectivity index (χ2n) is 5.87. The summed E-state index contributed by atoms with van der Waals surface area (Å²) < 4.78 is 6.52. The number of nitriles is 1. The van der Waals surface area contributed by atoms with Crippen LogP contribution in [0, 0.1) is 11.3 Å². The lowest BCUT2D eigenvalue weighted by atomic mass is 10.0. The van der Waals surface area contributed by atoms with Crippen LogP contribution in [-0.2, 0) is 9.53 Å². The van der Waals surface area contributed by atoms with Crippen LogP contribution in [0.3, 0.4) is 0 Å². The molecule has 0 N–H and O–H groups in total. The van der Waals surface area contributed by atoms with Crippen molar-refractivity contribution in [3.05, 3.63) is 57.5 Å². The van der Waals surface area contributed by atoms with E-state index in [1.807, 2.05) is 6.92 Å². The number of esters is 1. The van der Waals surface area contributed by atoms with Gasteiger partial charge in [-0.2, -0.15) is 5.26 Å². The smallest absolute Gasteiger partial charge is 0.329 e. The van der Waals surface area contributed by atoms with Crippen LogP contribution in [0.15, 0.2) is 41.3 Å². The van der Waals surface area contributed by atoms with Gasteiger partial charge in [-0.1, -0.05) is 31.4 Å². The quantitative estimate of drug-likeness (QED) is 0.678. The highest BCUT2D eigenvalue weighted by molar-refractivity contribution is 6.30. The molecule has 0 bridgehead atoms. The molecule has 2 aromatic rings. The highest BCUT2D eigenvalue weighted by Gasteiger charge is 2.22. The monoisotopic (exact) mass is 372 g/mol. The molecule has 1 aromatic heterocycles. The molecule has 2 rings (SSSR count). The molecule has 0 aliphatic heterocycles. The van der Waals surface area contributed by atoms with Gasteiger partial charge in [0.1, 0.15) is 6.04 Å². The van der Waals surface area contributed by atoms with E-state index in [1.54, 1.807) is 37.4 Å². The number of carbonyl (C=O) groups excluding carboxylic acids is 1. The first-order valence-electron chi connectivity index (χ1n) is 8.60. The number of rotatable bonds is 7. The predicted molar refractivity (Wildman–Crippen MR) is 101 cm³/mol. The van der Waals surface area contributed by atoms with Crippen molar-refractivity contribution in [1.82, 2.24) is 4.57 Å². The number of carbonyl (C=O) groups is 1. The Hall–Kier alpha value is -2.58. The van der Waals surface area contributed by atoms with E-state index in [0.29, 0.717) is 28.1 Å². The molecule has 1 atom stereocenters. The van der Waals surface area contributed by atoms with Gasteiger partial charge in [-0.15, -0.1) is 0 Å². The van der Waals surface area contributed by atoms with Crippen LogP contribution in [-0.4, -0.2) is 17.1 Å². The van der Waals surface area contributed by atoms with Crippen LogP contribution in [0.4, 0.5) is 0 Å². The molecule has 1 unspecified atom stereocenters. The fourth-order valence-electron chi connectivity index (χ4n) is 2.77. The van der Waals surface area contributed by atoms with Crippen molar-refractivity contribution in [3.63, 3.8) is 0 Å². The van der Waals surface area contributed by atoms with Crippen LogP contribution >= 0.6 is 11.6 Å². The van der Waals surface area contributed by atoms with E-state index < -0.39 is 12.0 Å². The van der Waals surface area contributed by atoms with Crippen molar-refractivity contribution in [2.24, 2.45) is 0 Å². The standard InChI is InChI=1S/C20H21ClN2O3/c1-3-5-6-18(20(25)26-4-2)23-10-9-14(11-19(23)24)17-12-16(21)8-7-15(17)13-22/h7-12,18H,3-6H2,1-2H3. The molecular weight excluding hydrogens is 352 g/mol. The molecule has 0 saturated heterocycles. The zero-order chi connectivity index (χ0) is 19.1. The van der Waals surface area contributed by atoms with Crippen LogP contribution < -0.4 is 5.56 Å². The summed E-state index contributed by atoms with van der Waals surface area (Å²) in [6, 6.07) is 9.49. The fraction of sp³-hybridized carbons (Fsp3) is 0.350. The summed E-state index contributed by atoms with van der Waals surface area (Å²) in [7, 11) is 0. The fourth-order valence-corrected chi connectivity index (χ4v) is 2.95. The largest absolute Gasteiger partial charge is 0.464 e. The van der Waals surface area contributed by atoms with E-state index in [4.69, 9.17) is 16.3 Å². The molecule has 136 valence electrons. The van der Waals surface area contributed by atoms with Gasteiger partial charge in [0.15, 0.2) is 0 Å².